The van der Waals surface area contributed by atoms with Gasteiger partial charge in [-0.05, 0) is 34.1 Å². The molecule has 0 saturated carbocycles. The smallest absolute Gasteiger partial charge is 0.410 e. The Hall–Kier alpha value is -0.730. The maximum absolute atomic E-state index is 11.6. The Morgan fingerprint density at radius 3 is 2.29 bits per heavy atom. The first-order valence-electron chi connectivity index (χ1n) is 5.23. The third-order valence-corrected chi connectivity index (χ3v) is 2.05. The SMILES string of the molecule is CCCC(C)N(C)C(=O)OC(C)(C)C. The highest BCUT2D eigenvalue weighted by molar-refractivity contribution is 5.68. The molecule has 0 aromatic rings. The maximum Gasteiger partial charge on any atom is 0.410 e. The Balaban J connectivity index is 4.12. The summed E-state index contributed by atoms with van der Waals surface area (Å²) in [6.07, 6.45) is 1.85. The van der Waals surface area contributed by atoms with Gasteiger partial charge in [0.2, 0.25) is 0 Å². The number of carbonyl (C=O) groups is 1. The molecule has 14 heavy (non-hydrogen) atoms. The number of rotatable bonds is 3. The third-order valence-electron chi connectivity index (χ3n) is 2.05. The first kappa shape index (κ1) is 13.3. The van der Waals surface area contributed by atoms with E-state index in [1.54, 1.807) is 11.9 Å². The van der Waals surface area contributed by atoms with Gasteiger partial charge in [-0.3, -0.25) is 0 Å². The van der Waals surface area contributed by atoms with Gasteiger partial charge in [-0.1, -0.05) is 13.3 Å². The van der Waals surface area contributed by atoms with E-state index in [1.165, 1.54) is 0 Å². The fourth-order valence-corrected chi connectivity index (χ4v) is 1.13. The van der Waals surface area contributed by atoms with E-state index in [0.29, 0.717) is 0 Å². The van der Waals surface area contributed by atoms with Crippen molar-refractivity contribution in [2.75, 3.05) is 7.05 Å². The molecule has 3 nitrogen and oxygen atoms in total. The van der Waals surface area contributed by atoms with Gasteiger partial charge in [0.1, 0.15) is 5.60 Å². The highest BCUT2D eigenvalue weighted by atomic mass is 16.6. The van der Waals surface area contributed by atoms with Gasteiger partial charge in [0.05, 0.1) is 0 Å². The first-order valence-corrected chi connectivity index (χ1v) is 5.23. The molecule has 0 saturated heterocycles. The number of amides is 1. The van der Waals surface area contributed by atoms with Gasteiger partial charge in [-0.15, -0.1) is 0 Å². The standard InChI is InChI=1S/C11H23NO2/c1-7-8-9(2)12(6)10(13)14-11(3,4)5/h9H,7-8H2,1-6H3. The monoisotopic (exact) mass is 201 g/mol. The maximum atomic E-state index is 11.6. The van der Waals surface area contributed by atoms with E-state index in [-0.39, 0.29) is 12.1 Å². The number of carbonyl (C=O) groups excluding carboxylic acids is 1. The summed E-state index contributed by atoms with van der Waals surface area (Å²) in [5.74, 6) is 0. The Bertz CT molecular complexity index is 184. The molecule has 0 rings (SSSR count). The Kier molecular flexibility index (Phi) is 4.95. The minimum Gasteiger partial charge on any atom is -0.444 e. The van der Waals surface area contributed by atoms with Crippen LogP contribution in [0.4, 0.5) is 4.79 Å². The Morgan fingerprint density at radius 1 is 1.43 bits per heavy atom. The highest BCUT2D eigenvalue weighted by Crippen LogP contribution is 2.12. The molecule has 0 aliphatic heterocycles. The van der Waals surface area contributed by atoms with Crippen molar-refractivity contribution in [1.29, 1.82) is 0 Å². The Labute approximate surface area is 87.4 Å². The summed E-state index contributed by atoms with van der Waals surface area (Å²) in [5, 5.41) is 0. The lowest BCUT2D eigenvalue weighted by Crippen LogP contribution is -2.39. The largest absolute Gasteiger partial charge is 0.444 e. The van der Waals surface area contributed by atoms with Crippen molar-refractivity contribution in [3.63, 3.8) is 0 Å². The van der Waals surface area contributed by atoms with E-state index < -0.39 is 5.60 Å². The van der Waals surface area contributed by atoms with Crippen molar-refractivity contribution >= 4 is 6.09 Å². The lowest BCUT2D eigenvalue weighted by molar-refractivity contribution is 0.0229. The van der Waals surface area contributed by atoms with Crippen LogP contribution < -0.4 is 0 Å². The minimum absolute atomic E-state index is 0.238. The van der Waals surface area contributed by atoms with E-state index in [0.717, 1.165) is 12.8 Å². The van der Waals surface area contributed by atoms with E-state index in [2.05, 4.69) is 6.92 Å². The summed E-state index contributed by atoms with van der Waals surface area (Å²) in [6.45, 7) is 9.78. The predicted molar refractivity (Wildman–Crippen MR) is 58.4 cm³/mol. The average Bonchev–Trinajstić information content (AvgIpc) is 2.00. The molecule has 1 unspecified atom stereocenters. The van der Waals surface area contributed by atoms with Crippen LogP contribution in [-0.2, 0) is 4.74 Å². The molecule has 84 valence electrons. The van der Waals surface area contributed by atoms with Crippen molar-refractivity contribution in [3.8, 4) is 0 Å². The zero-order valence-corrected chi connectivity index (χ0v) is 10.3. The molecule has 1 atom stereocenters. The van der Waals surface area contributed by atoms with Crippen LogP contribution in [0.1, 0.15) is 47.5 Å². The van der Waals surface area contributed by atoms with Crippen LogP contribution in [0.5, 0.6) is 0 Å². The van der Waals surface area contributed by atoms with Crippen molar-refractivity contribution < 1.29 is 9.53 Å². The number of hydrogen-bond donors (Lipinski definition) is 0. The number of hydrogen-bond acceptors (Lipinski definition) is 2. The van der Waals surface area contributed by atoms with Crippen molar-refractivity contribution in [1.82, 2.24) is 4.90 Å². The first-order chi connectivity index (χ1) is 6.28. The van der Waals surface area contributed by atoms with Crippen LogP contribution in [0.2, 0.25) is 0 Å². The Morgan fingerprint density at radius 2 is 1.93 bits per heavy atom. The molecule has 0 aromatic carbocycles. The van der Waals surface area contributed by atoms with Gasteiger partial charge in [0.25, 0.3) is 0 Å². The predicted octanol–water partition coefficient (Wildman–Crippen LogP) is 3.04. The zero-order valence-electron chi connectivity index (χ0n) is 10.3. The van der Waals surface area contributed by atoms with Gasteiger partial charge in [-0.2, -0.15) is 0 Å². The normalized spacial score (nSPS) is 13.6. The van der Waals surface area contributed by atoms with Crippen LogP contribution in [0.3, 0.4) is 0 Å². The summed E-state index contributed by atoms with van der Waals surface area (Å²) in [6, 6.07) is 0.245. The molecule has 3 heteroatoms. The molecule has 1 amide bonds. The van der Waals surface area contributed by atoms with Crippen LogP contribution in [0, 0.1) is 0 Å². The molecule has 0 aromatic heterocycles. The molecule has 0 N–H and O–H groups in total. The quantitative estimate of drug-likeness (QED) is 0.702. The second-order valence-corrected chi connectivity index (χ2v) is 4.73. The fraction of sp³-hybridized carbons (Fsp3) is 0.909. The molecule has 0 aliphatic carbocycles. The molecule has 0 aliphatic rings. The topological polar surface area (TPSA) is 29.5 Å². The van der Waals surface area contributed by atoms with E-state index >= 15 is 0 Å². The van der Waals surface area contributed by atoms with Crippen LogP contribution >= 0.6 is 0 Å². The summed E-state index contributed by atoms with van der Waals surface area (Å²) in [5.41, 5.74) is -0.405. The summed E-state index contributed by atoms with van der Waals surface area (Å²) in [4.78, 5) is 13.2. The molecule has 0 bridgehead atoms. The average molecular weight is 201 g/mol. The van der Waals surface area contributed by atoms with Crippen LogP contribution in [-0.4, -0.2) is 29.7 Å². The lowest BCUT2D eigenvalue weighted by atomic mass is 10.2. The van der Waals surface area contributed by atoms with Gasteiger partial charge in [0, 0.05) is 13.1 Å². The molecular formula is C11H23NO2. The number of nitrogens with zero attached hydrogens (tertiary/aromatic N) is 1. The summed E-state index contributed by atoms with van der Waals surface area (Å²) >= 11 is 0. The molecule has 0 radical (unpaired) electrons. The summed E-state index contributed by atoms with van der Waals surface area (Å²) in [7, 11) is 1.79. The second-order valence-electron chi connectivity index (χ2n) is 4.73. The van der Waals surface area contributed by atoms with Gasteiger partial charge < -0.3 is 9.64 Å². The van der Waals surface area contributed by atoms with E-state index in [4.69, 9.17) is 4.74 Å². The lowest BCUT2D eigenvalue weighted by Gasteiger charge is -2.28. The van der Waals surface area contributed by atoms with Gasteiger partial charge in [0.15, 0.2) is 0 Å². The van der Waals surface area contributed by atoms with E-state index in [1.807, 2.05) is 27.7 Å². The summed E-state index contributed by atoms with van der Waals surface area (Å²) < 4.78 is 5.25. The third kappa shape index (κ3) is 5.10. The van der Waals surface area contributed by atoms with Crippen molar-refractivity contribution in [2.24, 2.45) is 0 Å². The molecule has 0 spiro atoms. The van der Waals surface area contributed by atoms with Crippen molar-refractivity contribution in [3.05, 3.63) is 0 Å². The van der Waals surface area contributed by atoms with Crippen molar-refractivity contribution in [2.45, 2.75) is 59.1 Å². The van der Waals surface area contributed by atoms with Crippen LogP contribution in [0.25, 0.3) is 0 Å². The van der Waals surface area contributed by atoms with Crippen LogP contribution in [0.15, 0.2) is 0 Å². The zero-order chi connectivity index (χ0) is 11.4. The minimum atomic E-state index is -0.405. The van der Waals surface area contributed by atoms with Gasteiger partial charge >= 0.3 is 6.09 Å². The highest BCUT2D eigenvalue weighted by Gasteiger charge is 2.22. The van der Waals surface area contributed by atoms with Gasteiger partial charge in [-0.25, -0.2) is 4.79 Å². The van der Waals surface area contributed by atoms with E-state index in [9.17, 15) is 4.79 Å². The number of ether oxygens (including phenoxy) is 1. The fourth-order valence-electron chi connectivity index (χ4n) is 1.13. The molecule has 0 fully saturated rings. The molecule has 0 heterocycles. The second kappa shape index (κ2) is 5.23. The molecular weight excluding hydrogens is 178 g/mol.